The Hall–Kier alpha value is -1.15. The Balaban J connectivity index is 3.00. The lowest BCUT2D eigenvalue weighted by Gasteiger charge is -2.12. The Labute approximate surface area is 73.3 Å². The van der Waals surface area contributed by atoms with Crippen LogP contribution < -0.4 is 5.32 Å². The van der Waals surface area contributed by atoms with Crippen LogP contribution in [0.4, 0.5) is 0 Å². The van der Waals surface area contributed by atoms with Gasteiger partial charge in [-0.25, -0.2) is 0 Å². The van der Waals surface area contributed by atoms with E-state index in [1.165, 1.54) is 5.56 Å². The highest BCUT2D eigenvalue weighted by Crippen LogP contribution is 2.13. The van der Waals surface area contributed by atoms with Gasteiger partial charge in [-0.3, -0.25) is 4.98 Å². The minimum Gasteiger partial charge on any atom is -0.309 e. The summed E-state index contributed by atoms with van der Waals surface area (Å²) in [4.78, 5) is 4.29. The molecule has 0 aliphatic heterocycles. The highest BCUT2D eigenvalue weighted by Gasteiger charge is 2.07. The number of rotatable bonds is 3. The predicted molar refractivity (Wildman–Crippen MR) is 51.0 cm³/mol. The van der Waals surface area contributed by atoms with E-state index in [1.54, 1.807) is 6.20 Å². The maximum atomic E-state index is 4.29. The molecular formula is C10H14N2. The molecule has 0 saturated heterocycles. The number of aryl methyl sites for hydroxylation is 1. The van der Waals surface area contributed by atoms with Crippen molar-refractivity contribution in [3.63, 3.8) is 0 Å². The molecule has 1 N–H and O–H groups in total. The number of nitrogens with one attached hydrogen (secondary N) is 1. The molecule has 12 heavy (non-hydrogen) atoms. The van der Waals surface area contributed by atoms with Crippen LogP contribution in [-0.4, -0.2) is 12.0 Å². The summed E-state index contributed by atoms with van der Waals surface area (Å²) in [6, 6.07) is 4.15. The van der Waals surface area contributed by atoms with Gasteiger partial charge in [0.25, 0.3) is 0 Å². The quantitative estimate of drug-likeness (QED) is 0.686. The Kier molecular flexibility index (Phi) is 3.00. The second-order valence-corrected chi connectivity index (χ2v) is 2.71. The monoisotopic (exact) mass is 162 g/mol. The van der Waals surface area contributed by atoms with E-state index in [-0.39, 0.29) is 6.04 Å². The molecule has 64 valence electrons. The fourth-order valence-electron chi connectivity index (χ4n) is 1.19. The molecule has 0 aliphatic rings. The molecule has 1 rings (SSSR count). The maximum Gasteiger partial charge on any atom is 0.0678 e. The van der Waals surface area contributed by atoms with Gasteiger partial charge in [0.1, 0.15) is 0 Å². The molecule has 0 aliphatic carbocycles. The minimum atomic E-state index is 0.159. The number of hydrogen-bond donors (Lipinski definition) is 1. The third-order valence-electron chi connectivity index (χ3n) is 1.89. The molecule has 0 spiro atoms. The molecular weight excluding hydrogens is 148 g/mol. The van der Waals surface area contributed by atoms with Crippen LogP contribution >= 0.6 is 0 Å². The summed E-state index contributed by atoms with van der Waals surface area (Å²) in [5, 5.41) is 3.13. The Morgan fingerprint density at radius 2 is 2.42 bits per heavy atom. The number of hydrogen-bond acceptors (Lipinski definition) is 2. The Morgan fingerprint density at radius 1 is 1.67 bits per heavy atom. The van der Waals surface area contributed by atoms with E-state index in [4.69, 9.17) is 0 Å². The van der Waals surface area contributed by atoms with Crippen molar-refractivity contribution >= 4 is 0 Å². The van der Waals surface area contributed by atoms with Gasteiger partial charge in [0.05, 0.1) is 11.7 Å². The summed E-state index contributed by atoms with van der Waals surface area (Å²) >= 11 is 0. The van der Waals surface area contributed by atoms with Crippen LogP contribution in [0.1, 0.15) is 17.3 Å². The first kappa shape index (κ1) is 8.94. The second-order valence-electron chi connectivity index (χ2n) is 2.71. The molecule has 0 saturated carbocycles. The van der Waals surface area contributed by atoms with Crippen LogP contribution in [0.3, 0.4) is 0 Å². The highest BCUT2D eigenvalue weighted by atomic mass is 14.9. The normalized spacial score (nSPS) is 12.5. The van der Waals surface area contributed by atoms with E-state index in [0.717, 1.165) is 5.69 Å². The summed E-state index contributed by atoms with van der Waals surface area (Å²) in [7, 11) is 1.90. The van der Waals surface area contributed by atoms with Crippen LogP contribution in [0.15, 0.2) is 31.0 Å². The van der Waals surface area contributed by atoms with E-state index < -0.39 is 0 Å². The van der Waals surface area contributed by atoms with Crippen molar-refractivity contribution in [1.82, 2.24) is 10.3 Å². The largest absolute Gasteiger partial charge is 0.309 e. The van der Waals surface area contributed by atoms with E-state index in [2.05, 4.69) is 29.9 Å². The minimum absolute atomic E-state index is 0.159. The van der Waals surface area contributed by atoms with Gasteiger partial charge in [0.15, 0.2) is 0 Å². The van der Waals surface area contributed by atoms with Gasteiger partial charge in [0, 0.05) is 6.20 Å². The summed E-state index contributed by atoms with van der Waals surface area (Å²) in [6.07, 6.45) is 3.66. The van der Waals surface area contributed by atoms with Crippen molar-refractivity contribution < 1.29 is 0 Å². The molecule has 0 bridgehead atoms. The molecule has 2 nitrogen and oxygen atoms in total. The number of nitrogens with zero attached hydrogens (tertiary/aromatic N) is 1. The highest BCUT2D eigenvalue weighted by molar-refractivity contribution is 5.23. The van der Waals surface area contributed by atoms with E-state index in [0.29, 0.717) is 0 Å². The van der Waals surface area contributed by atoms with Crippen LogP contribution in [-0.2, 0) is 0 Å². The van der Waals surface area contributed by atoms with Gasteiger partial charge in [0.2, 0.25) is 0 Å². The van der Waals surface area contributed by atoms with E-state index >= 15 is 0 Å². The SMILES string of the molecule is C=CC(NC)c1ncccc1C. The first-order chi connectivity index (χ1) is 5.79. The zero-order chi connectivity index (χ0) is 8.97. The van der Waals surface area contributed by atoms with Gasteiger partial charge in [-0.1, -0.05) is 12.1 Å². The first-order valence-corrected chi connectivity index (χ1v) is 4.01. The van der Waals surface area contributed by atoms with Gasteiger partial charge in [-0.2, -0.15) is 0 Å². The zero-order valence-corrected chi connectivity index (χ0v) is 7.54. The lowest BCUT2D eigenvalue weighted by molar-refractivity contribution is 0.688. The van der Waals surface area contributed by atoms with Gasteiger partial charge in [-0.05, 0) is 25.6 Å². The average molecular weight is 162 g/mol. The second kappa shape index (κ2) is 4.02. The molecule has 0 radical (unpaired) electrons. The maximum absolute atomic E-state index is 4.29. The van der Waals surface area contributed by atoms with Crippen LogP contribution in [0.25, 0.3) is 0 Å². The first-order valence-electron chi connectivity index (χ1n) is 4.01. The van der Waals surface area contributed by atoms with Crippen molar-refractivity contribution in [2.75, 3.05) is 7.05 Å². The van der Waals surface area contributed by atoms with Crippen molar-refractivity contribution in [3.8, 4) is 0 Å². The average Bonchev–Trinajstić information content (AvgIpc) is 2.10. The molecule has 1 unspecified atom stereocenters. The van der Waals surface area contributed by atoms with Gasteiger partial charge < -0.3 is 5.32 Å². The Bertz CT molecular complexity index is 268. The molecule has 1 aromatic rings. The topological polar surface area (TPSA) is 24.9 Å². The number of pyridine rings is 1. The standard InChI is InChI=1S/C10H14N2/c1-4-9(11-3)10-8(2)6-5-7-12-10/h4-7,9,11H,1H2,2-3H3. The van der Waals surface area contributed by atoms with Crippen molar-refractivity contribution in [1.29, 1.82) is 0 Å². The molecule has 0 fully saturated rings. The molecule has 2 heteroatoms. The van der Waals surface area contributed by atoms with Crippen LogP contribution in [0, 0.1) is 6.92 Å². The van der Waals surface area contributed by atoms with Crippen molar-refractivity contribution in [2.45, 2.75) is 13.0 Å². The summed E-state index contributed by atoms with van der Waals surface area (Å²) in [6.45, 7) is 5.80. The van der Waals surface area contributed by atoms with Crippen molar-refractivity contribution in [2.24, 2.45) is 0 Å². The van der Waals surface area contributed by atoms with Crippen LogP contribution in [0.5, 0.6) is 0 Å². The smallest absolute Gasteiger partial charge is 0.0678 e. The molecule has 1 aromatic heterocycles. The summed E-state index contributed by atoms with van der Waals surface area (Å²) < 4.78 is 0. The van der Waals surface area contributed by atoms with E-state index in [1.807, 2.05) is 19.2 Å². The van der Waals surface area contributed by atoms with Crippen LogP contribution in [0.2, 0.25) is 0 Å². The third-order valence-corrected chi connectivity index (χ3v) is 1.89. The fraction of sp³-hybridized carbons (Fsp3) is 0.300. The Morgan fingerprint density at radius 3 is 2.92 bits per heavy atom. The van der Waals surface area contributed by atoms with Gasteiger partial charge >= 0.3 is 0 Å². The summed E-state index contributed by atoms with van der Waals surface area (Å²) in [5.74, 6) is 0. The zero-order valence-electron chi connectivity index (χ0n) is 7.54. The summed E-state index contributed by atoms with van der Waals surface area (Å²) in [5.41, 5.74) is 2.24. The molecule has 0 amide bonds. The lowest BCUT2D eigenvalue weighted by atomic mass is 10.1. The molecule has 1 heterocycles. The third kappa shape index (κ3) is 1.71. The lowest BCUT2D eigenvalue weighted by Crippen LogP contribution is -2.15. The number of aromatic nitrogens is 1. The fourth-order valence-corrected chi connectivity index (χ4v) is 1.19. The molecule has 1 atom stereocenters. The van der Waals surface area contributed by atoms with E-state index in [9.17, 15) is 0 Å². The van der Waals surface area contributed by atoms with Crippen molar-refractivity contribution in [3.05, 3.63) is 42.2 Å². The number of likely N-dealkylation sites (N-methyl/N-ethyl adjacent to an activating group) is 1. The van der Waals surface area contributed by atoms with Gasteiger partial charge in [-0.15, -0.1) is 6.58 Å². The molecule has 0 aromatic carbocycles. The predicted octanol–water partition coefficient (Wildman–Crippen LogP) is 1.84.